The van der Waals surface area contributed by atoms with E-state index in [2.05, 4.69) is 28.6 Å². The summed E-state index contributed by atoms with van der Waals surface area (Å²) in [7, 11) is 5.49. The lowest BCUT2D eigenvalue weighted by Crippen LogP contribution is -2.71. The maximum absolute atomic E-state index is 6.07. The van der Waals surface area contributed by atoms with Crippen molar-refractivity contribution in [3.8, 4) is 0 Å². The van der Waals surface area contributed by atoms with Gasteiger partial charge in [-0.1, -0.05) is 13.8 Å². The van der Waals surface area contributed by atoms with E-state index in [1.807, 2.05) is 0 Å². The Kier molecular flexibility index (Phi) is 3.32. The van der Waals surface area contributed by atoms with E-state index < -0.39 is 5.79 Å². The summed E-state index contributed by atoms with van der Waals surface area (Å²) in [6.45, 7) is 7.02. The predicted molar refractivity (Wildman–Crippen MR) is 66.6 cm³/mol. The summed E-state index contributed by atoms with van der Waals surface area (Å²) in [6.07, 6.45) is 0.220. The normalized spacial score (nSPS) is 43.0. The van der Waals surface area contributed by atoms with Gasteiger partial charge in [0.15, 0.2) is 5.79 Å². The lowest BCUT2D eigenvalue weighted by Gasteiger charge is -2.59. The van der Waals surface area contributed by atoms with E-state index in [1.165, 1.54) is 0 Å². The predicted octanol–water partition coefficient (Wildman–Crippen LogP) is 0.395. The van der Waals surface area contributed by atoms with Crippen LogP contribution in [0.15, 0.2) is 0 Å². The average Bonchev–Trinajstić information content (AvgIpc) is 2.55. The van der Waals surface area contributed by atoms with Gasteiger partial charge in [0.2, 0.25) is 0 Å². The van der Waals surface area contributed by atoms with Crippen molar-refractivity contribution in [2.24, 2.45) is 11.3 Å². The van der Waals surface area contributed by atoms with Crippen molar-refractivity contribution in [3.05, 3.63) is 0 Å². The molecule has 0 spiro atoms. The summed E-state index contributed by atoms with van der Waals surface area (Å²) < 4.78 is 22.9. The smallest absolute Gasteiger partial charge is 0.183 e. The third kappa shape index (κ3) is 1.60. The van der Waals surface area contributed by atoms with E-state index in [-0.39, 0.29) is 23.6 Å². The van der Waals surface area contributed by atoms with Crippen molar-refractivity contribution in [3.63, 3.8) is 0 Å². The first-order chi connectivity index (χ1) is 7.90. The largest absolute Gasteiger partial charge is 0.384 e. The number of fused-ring (bicyclic) bond motifs is 1. The molecule has 5 atom stereocenters. The second-order valence-electron chi connectivity index (χ2n) is 5.70. The molecule has 4 nitrogen and oxygen atoms in total. The van der Waals surface area contributed by atoms with Gasteiger partial charge in [-0.15, -0.1) is 0 Å². The Morgan fingerprint density at radius 3 is 2.53 bits per heavy atom. The number of hydrogen-bond donors (Lipinski definition) is 0. The van der Waals surface area contributed by atoms with E-state index in [0.29, 0.717) is 12.5 Å². The van der Waals surface area contributed by atoms with Gasteiger partial charge < -0.3 is 18.9 Å². The number of methoxy groups -OCH3 is 2. The maximum Gasteiger partial charge on any atom is 0.183 e. The molecule has 0 radical (unpaired) electrons. The molecule has 0 N–H and O–H groups in total. The minimum absolute atomic E-state index is 0.0549. The fourth-order valence-electron chi connectivity index (χ4n) is 3.16. The van der Waals surface area contributed by atoms with Crippen LogP contribution in [0, 0.1) is 11.3 Å². The zero-order valence-corrected chi connectivity index (χ0v) is 11.6. The minimum atomic E-state index is -0.585. The second kappa shape index (κ2) is 4.23. The Labute approximate surface area is 104 Å². The van der Waals surface area contributed by atoms with Crippen molar-refractivity contribution in [2.75, 3.05) is 20.8 Å². The lowest BCUT2D eigenvalue weighted by molar-refractivity contribution is -0.416. The summed E-state index contributed by atoms with van der Waals surface area (Å²) >= 11 is 0. The van der Waals surface area contributed by atoms with Gasteiger partial charge in [0.05, 0.1) is 30.7 Å². The van der Waals surface area contributed by atoms with Crippen LogP contribution >= 0.6 is 0 Å². The van der Waals surface area contributed by atoms with E-state index in [4.69, 9.17) is 18.9 Å². The SMILES string of the molecule is B[C@@H]1OCC2[C@@H]1O[C@]2(OC)C(C)(C)C(C)OC. The Hall–Kier alpha value is -0.0951. The summed E-state index contributed by atoms with van der Waals surface area (Å²) in [4.78, 5) is 0. The van der Waals surface area contributed by atoms with Gasteiger partial charge in [-0.2, -0.15) is 0 Å². The molecule has 0 aromatic rings. The summed E-state index contributed by atoms with van der Waals surface area (Å²) in [5, 5.41) is 0. The Morgan fingerprint density at radius 2 is 2.06 bits per heavy atom. The molecule has 0 aliphatic carbocycles. The third-order valence-corrected chi connectivity index (χ3v) is 4.77. The van der Waals surface area contributed by atoms with Gasteiger partial charge in [0, 0.05) is 19.6 Å². The molecule has 17 heavy (non-hydrogen) atoms. The molecule has 0 saturated carbocycles. The zero-order valence-electron chi connectivity index (χ0n) is 11.6. The number of hydrogen-bond acceptors (Lipinski definition) is 4. The van der Waals surface area contributed by atoms with Gasteiger partial charge >= 0.3 is 0 Å². The van der Waals surface area contributed by atoms with Crippen molar-refractivity contribution in [1.82, 2.24) is 0 Å². The van der Waals surface area contributed by atoms with Crippen LogP contribution < -0.4 is 0 Å². The quantitative estimate of drug-likeness (QED) is 0.668. The fourth-order valence-corrected chi connectivity index (χ4v) is 3.16. The topological polar surface area (TPSA) is 36.9 Å². The van der Waals surface area contributed by atoms with E-state index in [1.54, 1.807) is 14.2 Å². The molecule has 2 rings (SSSR count). The molecule has 5 heteroatoms. The van der Waals surface area contributed by atoms with Gasteiger partial charge in [-0.3, -0.25) is 0 Å². The molecule has 2 saturated heterocycles. The summed E-state index contributed by atoms with van der Waals surface area (Å²) in [5.74, 6) is -0.284. The molecular weight excluding hydrogens is 219 g/mol. The standard InChI is InChI=1S/C12H23BO4/c1-7(14-4)11(2,3)12(15-5)8-6-16-10(13)9(8)17-12/h7-10H,6,13H2,1-5H3/t7?,8?,9-,10+,12-/m0/s1. The van der Waals surface area contributed by atoms with Crippen LogP contribution in [0.1, 0.15) is 20.8 Å². The monoisotopic (exact) mass is 242 g/mol. The van der Waals surface area contributed by atoms with Crippen molar-refractivity contribution < 1.29 is 18.9 Å². The average molecular weight is 242 g/mol. The summed E-state index contributed by atoms with van der Waals surface area (Å²) in [6, 6.07) is 0.164. The molecule has 2 heterocycles. The van der Waals surface area contributed by atoms with Crippen molar-refractivity contribution in [1.29, 1.82) is 0 Å². The number of ether oxygens (including phenoxy) is 4. The molecule has 98 valence electrons. The Bertz CT molecular complexity index is 296. The first-order valence-electron chi connectivity index (χ1n) is 6.28. The third-order valence-electron chi connectivity index (χ3n) is 4.77. The van der Waals surface area contributed by atoms with Crippen molar-refractivity contribution in [2.45, 2.75) is 44.8 Å². The molecule has 2 aliphatic rings. The molecule has 2 fully saturated rings. The van der Waals surface area contributed by atoms with Crippen LogP contribution in [-0.2, 0) is 18.9 Å². The summed E-state index contributed by atoms with van der Waals surface area (Å²) in [5.41, 5.74) is -0.217. The molecular formula is C12H23BO4. The maximum atomic E-state index is 6.07. The first-order valence-corrected chi connectivity index (χ1v) is 6.28. The fraction of sp³-hybridized carbons (Fsp3) is 1.00. The second-order valence-corrected chi connectivity index (χ2v) is 5.70. The van der Waals surface area contributed by atoms with Gasteiger partial charge in [-0.05, 0) is 6.92 Å². The highest BCUT2D eigenvalue weighted by Crippen LogP contribution is 2.56. The van der Waals surface area contributed by atoms with E-state index in [0.717, 1.165) is 0 Å². The molecule has 2 aliphatic heterocycles. The van der Waals surface area contributed by atoms with Crippen LogP contribution in [0.4, 0.5) is 0 Å². The van der Waals surface area contributed by atoms with Gasteiger partial charge in [-0.25, -0.2) is 0 Å². The van der Waals surface area contributed by atoms with Gasteiger partial charge in [0.25, 0.3) is 0 Å². The van der Waals surface area contributed by atoms with E-state index >= 15 is 0 Å². The Balaban J connectivity index is 2.23. The molecule has 0 aromatic heterocycles. The molecule has 2 unspecified atom stereocenters. The number of rotatable bonds is 4. The zero-order chi connectivity index (χ0) is 12.8. The highest BCUT2D eigenvalue weighted by molar-refractivity contribution is 6.11. The first kappa shape index (κ1) is 13.3. The Morgan fingerprint density at radius 1 is 1.41 bits per heavy atom. The molecule has 0 aromatic carbocycles. The molecule has 0 amide bonds. The lowest BCUT2D eigenvalue weighted by atomic mass is 9.66. The van der Waals surface area contributed by atoms with Crippen LogP contribution in [-0.4, -0.2) is 52.7 Å². The van der Waals surface area contributed by atoms with Crippen LogP contribution in [0.2, 0.25) is 0 Å². The van der Waals surface area contributed by atoms with Crippen LogP contribution in [0.5, 0.6) is 0 Å². The highest BCUT2D eigenvalue weighted by Gasteiger charge is 2.68. The molecule has 0 bridgehead atoms. The minimum Gasteiger partial charge on any atom is -0.384 e. The van der Waals surface area contributed by atoms with E-state index in [9.17, 15) is 0 Å². The highest BCUT2D eigenvalue weighted by atomic mass is 16.7. The van der Waals surface area contributed by atoms with Crippen molar-refractivity contribution >= 4 is 7.85 Å². The van der Waals surface area contributed by atoms with Gasteiger partial charge in [0.1, 0.15) is 7.85 Å². The van der Waals surface area contributed by atoms with Crippen LogP contribution in [0.25, 0.3) is 0 Å². The van der Waals surface area contributed by atoms with Crippen LogP contribution in [0.3, 0.4) is 0 Å².